The number of phenolic OH excluding ortho intramolecular Hbond substituents is 1. The van der Waals surface area contributed by atoms with Crippen molar-refractivity contribution < 1.29 is 5.11 Å². The van der Waals surface area contributed by atoms with Gasteiger partial charge in [0.2, 0.25) is 0 Å². The van der Waals surface area contributed by atoms with E-state index in [-0.39, 0.29) is 6.04 Å². The molecule has 0 spiro atoms. The van der Waals surface area contributed by atoms with Crippen molar-refractivity contribution in [2.75, 3.05) is 5.32 Å². The summed E-state index contributed by atoms with van der Waals surface area (Å²) in [7, 11) is 0. The standard InChI is InChI=1S/C17H18N2O/c1-11-7-8-16(12(2)17(11)20)19-13(3)15-6-4-5-14(9-15)10-18/h4-9,13,19-20H,1-3H3. The average Bonchev–Trinajstić information content (AvgIpc) is 2.48. The van der Waals surface area contributed by atoms with Crippen molar-refractivity contribution >= 4 is 5.69 Å². The van der Waals surface area contributed by atoms with Crippen LogP contribution in [0.2, 0.25) is 0 Å². The summed E-state index contributed by atoms with van der Waals surface area (Å²) < 4.78 is 0. The molecule has 0 heterocycles. The van der Waals surface area contributed by atoms with Crippen LogP contribution in [0.15, 0.2) is 36.4 Å². The zero-order valence-corrected chi connectivity index (χ0v) is 11.9. The van der Waals surface area contributed by atoms with Crippen molar-refractivity contribution in [3.8, 4) is 11.8 Å². The molecule has 0 aliphatic heterocycles. The molecule has 0 fully saturated rings. The lowest BCUT2D eigenvalue weighted by Crippen LogP contribution is -2.08. The summed E-state index contributed by atoms with van der Waals surface area (Å²) in [6, 6.07) is 13.6. The second-order valence-corrected chi connectivity index (χ2v) is 5.01. The van der Waals surface area contributed by atoms with Gasteiger partial charge in [0.15, 0.2) is 0 Å². The fourth-order valence-electron chi connectivity index (χ4n) is 2.19. The largest absolute Gasteiger partial charge is 0.507 e. The quantitative estimate of drug-likeness (QED) is 0.881. The molecule has 0 aromatic heterocycles. The number of anilines is 1. The van der Waals surface area contributed by atoms with E-state index in [2.05, 4.69) is 11.4 Å². The molecule has 0 saturated heterocycles. The molecule has 1 unspecified atom stereocenters. The van der Waals surface area contributed by atoms with E-state index in [1.807, 2.05) is 51.1 Å². The third-order valence-electron chi connectivity index (χ3n) is 3.52. The van der Waals surface area contributed by atoms with Crippen LogP contribution in [0.5, 0.6) is 5.75 Å². The fraction of sp³-hybridized carbons (Fsp3) is 0.235. The summed E-state index contributed by atoms with van der Waals surface area (Å²) in [5.41, 5.74) is 4.31. The summed E-state index contributed by atoms with van der Waals surface area (Å²) in [6.07, 6.45) is 0. The van der Waals surface area contributed by atoms with Gasteiger partial charge >= 0.3 is 0 Å². The Kier molecular flexibility index (Phi) is 3.95. The van der Waals surface area contributed by atoms with Gasteiger partial charge in [-0.05, 0) is 50.1 Å². The summed E-state index contributed by atoms with van der Waals surface area (Å²) in [6.45, 7) is 5.81. The van der Waals surface area contributed by atoms with Crippen molar-refractivity contribution in [3.05, 3.63) is 58.7 Å². The summed E-state index contributed by atoms with van der Waals surface area (Å²) >= 11 is 0. The minimum absolute atomic E-state index is 0.0594. The third-order valence-corrected chi connectivity index (χ3v) is 3.52. The van der Waals surface area contributed by atoms with Crippen molar-refractivity contribution in [2.24, 2.45) is 0 Å². The van der Waals surface area contributed by atoms with Crippen LogP contribution in [0.1, 0.15) is 35.2 Å². The van der Waals surface area contributed by atoms with E-state index in [0.29, 0.717) is 11.3 Å². The van der Waals surface area contributed by atoms with E-state index >= 15 is 0 Å². The van der Waals surface area contributed by atoms with Gasteiger partial charge in [-0.25, -0.2) is 0 Å². The van der Waals surface area contributed by atoms with Crippen LogP contribution >= 0.6 is 0 Å². The highest BCUT2D eigenvalue weighted by atomic mass is 16.3. The predicted molar refractivity (Wildman–Crippen MR) is 80.8 cm³/mol. The summed E-state index contributed by atoms with van der Waals surface area (Å²) in [5, 5.41) is 22.3. The van der Waals surface area contributed by atoms with E-state index in [4.69, 9.17) is 5.26 Å². The van der Waals surface area contributed by atoms with Gasteiger partial charge in [0.25, 0.3) is 0 Å². The molecule has 2 aromatic rings. The van der Waals surface area contributed by atoms with Gasteiger partial charge in [0.1, 0.15) is 5.75 Å². The molecule has 0 bridgehead atoms. The molecule has 0 radical (unpaired) electrons. The Balaban J connectivity index is 2.26. The summed E-state index contributed by atoms with van der Waals surface area (Å²) in [4.78, 5) is 0. The lowest BCUT2D eigenvalue weighted by atomic mass is 10.0. The minimum atomic E-state index is 0.0594. The molecular weight excluding hydrogens is 248 g/mol. The van der Waals surface area contributed by atoms with Gasteiger partial charge in [-0.1, -0.05) is 18.2 Å². The third kappa shape index (κ3) is 2.75. The van der Waals surface area contributed by atoms with Crippen LogP contribution < -0.4 is 5.32 Å². The Hall–Kier alpha value is -2.47. The van der Waals surface area contributed by atoms with E-state index in [0.717, 1.165) is 22.4 Å². The first-order valence-electron chi connectivity index (χ1n) is 6.58. The normalized spacial score (nSPS) is 11.7. The molecule has 0 saturated carbocycles. The first-order chi connectivity index (χ1) is 9.52. The highest BCUT2D eigenvalue weighted by Gasteiger charge is 2.10. The van der Waals surface area contributed by atoms with E-state index in [9.17, 15) is 5.11 Å². The number of nitriles is 1. The maximum atomic E-state index is 9.97. The number of hydrogen-bond acceptors (Lipinski definition) is 3. The SMILES string of the molecule is Cc1ccc(NC(C)c2cccc(C#N)c2)c(C)c1O. The van der Waals surface area contributed by atoms with Crippen LogP contribution in [0.25, 0.3) is 0 Å². The fourth-order valence-corrected chi connectivity index (χ4v) is 2.19. The first kappa shape index (κ1) is 14.0. The van der Waals surface area contributed by atoms with Crippen molar-refractivity contribution in [1.29, 1.82) is 5.26 Å². The minimum Gasteiger partial charge on any atom is -0.507 e. The maximum absolute atomic E-state index is 9.97. The first-order valence-corrected chi connectivity index (χ1v) is 6.58. The number of aromatic hydroxyl groups is 1. The monoisotopic (exact) mass is 266 g/mol. The predicted octanol–water partition coefficient (Wildman–Crippen LogP) is 4.05. The lowest BCUT2D eigenvalue weighted by molar-refractivity contribution is 0.467. The van der Waals surface area contributed by atoms with Crippen molar-refractivity contribution in [2.45, 2.75) is 26.8 Å². The molecule has 2 aromatic carbocycles. The van der Waals surface area contributed by atoms with Crippen LogP contribution in [-0.2, 0) is 0 Å². The van der Waals surface area contributed by atoms with E-state index in [1.54, 1.807) is 6.07 Å². The number of phenols is 1. The molecular formula is C17H18N2O. The van der Waals surface area contributed by atoms with Gasteiger partial charge in [0.05, 0.1) is 11.6 Å². The van der Waals surface area contributed by atoms with E-state index < -0.39 is 0 Å². The Labute approximate surface area is 119 Å². The second kappa shape index (κ2) is 5.66. The van der Waals surface area contributed by atoms with Crippen LogP contribution in [0.4, 0.5) is 5.69 Å². The molecule has 3 nitrogen and oxygen atoms in total. The van der Waals surface area contributed by atoms with Gasteiger partial charge < -0.3 is 10.4 Å². The number of nitrogens with one attached hydrogen (secondary N) is 1. The number of rotatable bonds is 3. The molecule has 102 valence electrons. The lowest BCUT2D eigenvalue weighted by Gasteiger charge is -2.18. The number of aryl methyl sites for hydroxylation is 1. The maximum Gasteiger partial charge on any atom is 0.123 e. The molecule has 0 aliphatic carbocycles. The highest BCUT2D eigenvalue weighted by Crippen LogP contribution is 2.30. The van der Waals surface area contributed by atoms with Gasteiger partial charge in [0, 0.05) is 17.3 Å². The topological polar surface area (TPSA) is 56.0 Å². The highest BCUT2D eigenvalue weighted by molar-refractivity contribution is 5.60. The smallest absolute Gasteiger partial charge is 0.123 e. The van der Waals surface area contributed by atoms with Crippen LogP contribution in [-0.4, -0.2) is 5.11 Å². The molecule has 0 aliphatic rings. The van der Waals surface area contributed by atoms with Crippen molar-refractivity contribution in [3.63, 3.8) is 0 Å². The molecule has 3 heteroatoms. The Morgan fingerprint density at radius 3 is 2.65 bits per heavy atom. The molecule has 20 heavy (non-hydrogen) atoms. The Morgan fingerprint density at radius 1 is 1.20 bits per heavy atom. The number of nitrogens with zero attached hydrogens (tertiary/aromatic N) is 1. The van der Waals surface area contributed by atoms with Gasteiger partial charge in [-0.2, -0.15) is 5.26 Å². The van der Waals surface area contributed by atoms with Crippen molar-refractivity contribution in [1.82, 2.24) is 0 Å². The molecule has 0 amide bonds. The Morgan fingerprint density at radius 2 is 1.95 bits per heavy atom. The van der Waals surface area contributed by atoms with Crippen LogP contribution in [0.3, 0.4) is 0 Å². The summed E-state index contributed by atoms with van der Waals surface area (Å²) in [5.74, 6) is 0.327. The van der Waals surface area contributed by atoms with Gasteiger partial charge in [-0.3, -0.25) is 0 Å². The Bertz CT molecular complexity index is 671. The molecule has 1 atom stereocenters. The molecule has 2 rings (SSSR count). The van der Waals surface area contributed by atoms with E-state index in [1.165, 1.54) is 0 Å². The second-order valence-electron chi connectivity index (χ2n) is 5.01. The number of benzene rings is 2. The van der Waals surface area contributed by atoms with Gasteiger partial charge in [-0.15, -0.1) is 0 Å². The molecule has 2 N–H and O–H groups in total. The average molecular weight is 266 g/mol. The zero-order valence-electron chi connectivity index (χ0n) is 11.9. The zero-order chi connectivity index (χ0) is 14.7. The number of hydrogen-bond donors (Lipinski definition) is 2. The van der Waals surface area contributed by atoms with Crippen LogP contribution in [0, 0.1) is 25.2 Å².